The molecule has 1 amide bonds. The van der Waals surface area contributed by atoms with Gasteiger partial charge in [-0.25, -0.2) is 8.78 Å². The van der Waals surface area contributed by atoms with Crippen LogP contribution in [0.2, 0.25) is 0 Å². The van der Waals surface area contributed by atoms with E-state index in [1.54, 1.807) is 0 Å². The van der Waals surface area contributed by atoms with E-state index in [1.807, 2.05) is 0 Å². The minimum absolute atomic E-state index is 0. The number of amides is 1. The minimum atomic E-state index is -0.882. The Bertz CT molecular complexity index is 481. The fourth-order valence-corrected chi connectivity index (χ4v) is 2.35. The van der Waals surface area contributed by atoms with Crippen molar-refractivity contribution in [2.45, 2.75) is 6.10 Å². The number of nitrogens with two attached hydrogens (primary N) is 1. The molecular formula is C12H14BrClF2N2O2. The van der Waals surface area contributed by atoms with Crippen LogP contribution in [0.3, 0.4) is 0 Å². The lowest BCUT2D eigenvalue weighted by atomic mass is 10.1. The Morgan fingerprint density at radius 2 is 2.05 bits per heavy atom. The van der Waals surface area contributed by atoms with Crippen LogP contribution in [0.1, 0.15) is 10.4 Å². The number of benzene rings is 1. The average Bonchev–Trinajstić information content (AvgIpc) is 2.37. The molecule has 0 aliphatic carbocycles. The minimum Gasteiger partial charge on any atom is -0.373 e. The zero-order valence-electron chi connectivity index (χ0n) is 10.4. The first-order valence-electron chi connectivity index (χ1n) is 5.78. The highest BCUT2D eigenvalue weighted by molar-refractivity contribution is 9.10. The second-order valence-electron chi connectivity index (χ2n) is 4.22. The lowest BCUT2D eigenvalue weighted by Crippen LogP contribution is -2.48. The summed E-state index contributed by atoms with van der Waals surface area (Å²) in [7, 11) is 0. The predicted octanol–water partition coefficient (Wildman–Crippen LogP) is 1.95. The maximum atomic E-state index is 13.7. The van der Waals surface area contributed by atoms with E-state index in [2.05, 4.69) is 15.9 Å². The summed E-state index contributed by atoms with van der Waals surface area (Å²) in [6.07, 6.45) is -0.292. The predicted molar refractivity (Wildman–Crippen MR) is 76.0 cm³/mol. The first-order chi connectivity index (χ1) is 9.02. The summed E-state index contributed by atoms with van der Waals surface area (Å²) in [5, 5.41) is 0. The van der Waals surface area contributed by atoms with Crippen LogP contribution in [0, 0.1) is 11.6 Å². The smallest absolute Gasteiger partial charge is 0.259 e. The molecule has 0 spiro atoms. The molecule has 0 bridgehead atoms. The van der Waals surface area contributed by atoms with Crippen molar-refractivity contribution in [1.29, 1.82) is 0 Å². The Balaban J connectivity index is 0.00000200. The summed E-state index contributed by atoms with van der Waals surface area (Å²) in [5.41, 5.74) is 4.93. The van der Waals surface area contributed by atoms with Crippen molar-refractivity contribution in [3.63, 3.8) is 0 Å². The molecule has 4 nitrogen and oxygen atoms in total. The zero-order chi connectivity index (χ0) is 14.0. The number of carbonyl (C=O) groups is 1. The van der Waals surface area contributed by atoms with Gasteiger partial charge in [0, 0.05) is 24.1 Å². The summed E-state index contributed by atoms with van der Waals surface area (Å²) in [5.74, 6) is -2.44. The fraction of sp³-hybridized carbons (Fsp3) is 0.417. The maximum Gasteiger partial charge on any atom is 0.259 e. The molecule has 0 radical (unpaired) electrons. The molecule has 2 rings (SSSR count). The molecule has 1 aliphatic heterocycles. The zero-order valence-corrected chi connectivity index (χ0v) is 12.8. The second kappa shape index (κ2) is 7.31. The van der Waals surface area contributed by atoms with Crippen LogP contribution < -0.4 is 5.73 Å². The van der Waals surface area contributed by atoms with Gasteiger partial charge in [-0.2, -0.15) is 0 Å². The highest BCUT2D eigenvalue weighted by atomic mass is 79.9. The first kappa shape index (κ1) is 17.3. The van der Waals surface area contributed by atoms with Crippen LogP contribution in [0.5, 0.6) is 0 Å². The number of rotatable bonds is 2. The third kappa shape index (κ3) is 3.66. The Morgan fingerprint density at radius 1 is 1.45 bits per heavy atom. The molecule has 1 saturated heterocycles. The highest BCUT2D eigenvalue weighted by Gasteiger charge is 2.28. The van der Waals surface area contributed by atoms with E-state index in [9.17, 15) is 13.6 Å². The van der Waals surface area contributed by atoms with Crippen molar-refractivity contribution in [1.82, 2.24) is 4.90 Å². The third-order valence-electron chi connectivity index (χ3n) is 2.91. The Kier molecular flexibility index (Phi) is 6.32. The number of nitrogens with zero attached hydrogens (tertiary/aromatic N) is 1. The number of ether oxygens (including phenoxy) is 1. The van der Waals surface area contributed by atoms with Crippen molar-refractivity contribution >= 4 is 34.2 Å². The first-order valence-corrected chi connectivity index (χ1v) is 6.57. The SMILES string of the molecule is Cl.NCC1CN(C(=O)c2c(F)cc(Br)cc2F)CCO1. The molecule has 1 unspecified atom stereocenters. The van der Waals surface area contributed by atoms with Crippen LogP contribution in [0.4, 0.5) is 8.78 Å². The number of hydrogen-bond acceptors (Lipinski definition) is 3. The largest absolute Gasteiger partial charge is 0.373 e. The molecule has 1 aromatic carbocycles. The van der Waals surface area contributed by atoms with E-state index in [-0.39, 0.29) is 36.1 Å². The highest BCUT2D eigenvalue weighted by Crippen LogP contribution is 2.21. The molecular weight excluding hydrogens is 357 g/mol. The van der Waals surface area contributed by atoms with Gasteiger partial charge in [0.15, 0.2) is 0 Å². The molecule has 1 aliphatic rings. The van der Waals surface area contributed by atoms with Crippen molar-refractivity contribution in [3.8, 4) is 0 Å². The summed E-state index contributed by atoms with van der Waals surface area (Å²) in [6, 6.07) is 2.13. The molecule has 20 heavy (non-hydrogen) atoms. The summed E-state index contributed by atoms with van der Waals surface area (Å²) in [4.78, 5) is 13.5. The van der Waals surface area contributed by atoms with Crippen molar-refractivity contribution in [2.75, 3.05) is 26.2 Å². The van der Waals surface area contributed by atoms with Gasteiger partial charge in [-0.1, -0.05) is 15.9 Å². The van der Waals surface area contributed by atoms with Crippen LogP contribution in [0.25, 0.3) is 0 Å². The van der Waals surface area contributed by atoms with Gasteiger partial charge in [0.25, 0.3) is 5.91 Å². The van der Waals surface area contributed by atoms with Crippen molar-refractivity contribution in [3.05, 3.63) is 33.8 Å². The van der Waals surface area contributed by atoms with Crippen LogP contribution in [0.15, 0.2) is 16.6 Å². The standard InChI is InChI=1S/C12H13BrF2N2O2.ClH/c13-7-3-9(14)11(10(15)4-7)12(18)17-1-2-19-8(5-16)6-17;/h3-4,8H,1-2,5-6,16H2;1H. The lowest BCUT2D eigenvalue weighted by Gasteiger charge is -2.32. The van der Waals surface area contributed by atoms with Gasteiger partial charge in [0.05, 0.1) is 12.7 Å². The normalized spacial score (nSPS) is 18.6. The summed E-state index contributed by atoms with van der Waals surface area (Å²) in [6.45, 7) is 1.11. The van der Waals surface area contributed by atoms with E-state index in [4.69, 9.17) is 10.5 Å². The van der Waals surface area contributed by atoms with Crippen molar-refractivity contribution < 1.29 is 18.3 Å². The van der Waals surface area contributed by atoms with E-state index in [0.717, 1.165) is 12.1 Å². The fourth-order valence-electron chi connectivity index (χ4n) is 1.95. The van der Waals surface area contributed by atoms with E-state index >= 15 is 0 Å². The Hall–Kier alpha value is -0.760. The number of carbonyl (C=O) groups excluding carboxylic acids is 1. The maximum absolute atomic E-state index is 13.7. The molecule has 1 aromatic rings. The average molecular weight is 372 g/mol. The molecule has 0 saturated carbocycles. The van der Waals surface area contributed by atoms with E-state index in [0.29, 0.717) is 13.2 Å². The molecule has 1 atom stereocenters. The van der Waals surface area contributed by atoms with Gasteiger partial charge < -0.3 is 15.4 Å². The third-order valence-corrected chi connectivity index (χ3v) is 3.37. The second-order valence-corrected chi connectivity index (χ2v) is 5.14. The molecule has 1 heterocycles. The Morgan fingerprint density at radius 3 is 2.60 bits per heavy atom. The van der Waals surface area contributed by atoms with E-state index < -0.39 is 23.1 Å². The van der Waals surface area contributed by atoms with Gasteiger partial charge in [0.1, 0.15) is 17.2 Å². The summed E-state index contributed by atoms with van der Waals surface area (Å²) < 4.78 is 33.0. The topological polar surface area (TPSA) is 55.6 Å². The van der Waals surface area contributed by atoms with E-state index in [1.165, 1.54) is 4.90 Å². The van der Waals surface area contributed by atoms with Crippen molar-refractivity contribution in [2.24, 2.45) is 5.73 Å². The lowest BCUT2D eigenvalue weighted by molar-refractivity contribution is -0.0170. The molecule has 1 fully saturated rings. The monoisotopic (exact) mass is 370 g/mol. The van der Waals surface area contributed by atoms with Gasteiger partial charge >= 0.3 is 0 Å². The summed E-state index contributed by atoms with van der Waals surface area (Å²) >= 11 is 2.97. The van der Waals surface area contributed by atoms with Gasteiger partial charge in [-0.15, -0.1) is 12.4 Å². The number of hydrogen-bond donors (Lipinski definition) is 1. The quantitative estimate of drug-likeness (QED) is 0.864. The van der Waals surface area contributed by atoms with Gasteiger partial charge in [-0.3, -0.25) is 4.79 Å². The van der Waals surface area contributed by atoms with Crippen LogP contribution in [-0.2, 0) is 4.74 Å². The van der Waals surface area contributed by atoms with Crippen LogP contribution in [-0.4, -0.2) is 43.2 Å². The Labute approximate surface area is 129 Å². The number of halogens is 4. The molecule has 2 N–H and O–H groups in total. The van der Waals surface area contributed by atoms with Gasteiger partial charge in [-0.05, 0) is 12.1 Å². The van der Waals surface area contributed by atoms with Gasteiger partial charge in [0.2, 0.25) is 0 Å². The molecule has 8 heteroatoms. The molecule has 112 valence electrons. The number of morpholine rings is 1. The van der Waals surface area contributed by atoms with Crippen LogP contribution >= 0.6 is 28.3 Å². The molecule has 0 aromatic heterocycles.